The van der Waals surface area contributed by atoms with E-state index in [4.69, 9.17) is 10.2 Å². The first-order valence-electron chi connectivity index (χ1n) is 3.89. The Kier molecular flexibility index (Phi) is 3.56. The molecule has 10 heteroatoms. The molecular weight excluding hydrogens is 247 g/mol. The second-order valence-corrected chi connectivity index (χ2v) is 3.88. The highest BCUT2D eigenvalue weighted by Gasteiger charge is 2.35. The largest absolute Gasteiger partial charge is 0.870 e. The van der Waals surface area contributed by atoms with E-state index >= 15 is 0 Å². The van der Waals surface area contributed by atoms with Gasteiger partial charge >= 0.3 is 5.97 Å². The summed E-state index contributed by atoms with van der Waals surface area (Å²) in [5, 5.41) is 28.7. The quantitative estimate of drug-likeness (QED) is 0.372. The van der Waals surface area contributed by atoms with Crippen molar-refractivity contribution in [2.24, 2.45) is 0 Å². The van der Waals surface area contributed by atoms with Gasteiger partial charge in [0.05, 0.1) is 6.61 Å². The lowest BCUT2D eigenvalue weighted by atomic mass is 10.2. The number of hydrogen-bond acceptors (Lipinski definition) is 9. The molecule has 0 bridgehead atoms. The molecule has 0 aliphatic carbocycles. The van der Waals surface area contributed by atoms with Crippen LogP contribution in [-0.2, 0) is 18.6 Å². The number of rotatable bonds is 4. The topological polar surface area (TPSA) is 162 Å². The van der Waals surface area contributed by atoms with Gasteiger partial charge in [0.2, 0.25) is 5.76 Å². The predicted molar refractivity (Wildman–Crippen MR) is 38.7 cm³/mol. The van der Waals surface area contributed by atoms with Crippen molar-refractivity contribution < 1.29 is 43.7 Å². The van der Waals surface area contributed by atoms with E-state index in [1.54, 1.807) is 0 Å². The lowest BCUT2D eigenvalue weighted by Crippen LogP contribution is -2.35. The molecule has 2 atom stereocenters. The molecule has 0 amide bonds. The summed E-state index contributed by atoms with van der Waals surface area (Å²) in [6.45, 7) is -0.886. The fourth-order valence-corrected chi connectivity index (χ4v) is 1.38. The Morgan fingerprint density at radius 1 is 1.56 bits per heavy atom. The average Bonchev–Trinajstić information content (AvgIpc) is 2.42. The molecule has 0 aromatic rings. The second kappa shape index (κ2) is 4.40. The molecule has 1 rings (SSSR count). The molecule has 0 aromatic carbocycles. The van der Waals surface area contributed by atoms with Crippen LogP contribution in [0.15, 0.2) is 11.5 Å². The summed E-state index contributed by atoms with van der Waals surface area (Å²) < 4.78 is 18.0. The number of hydrogen-bond donors (Lipinski definition) is 2. The maximum Gasteiger partial charge on any atom is 0.373 e. The zero-order chi connectivity index (χ0) is 12.5. The van der Waals surface area contributed by atoms with Crippen molar-refractivity contribution in [3.63, 3.8) is 0 Å². The molecule has 9 nitrogen and oxygen atoms in total. The summed E-state index contributed by atoms with van der Waals surface area (Å²) in [5.74, 6) is -4.10. The van der Waals surface area contributed by atoms with Crippen molar-refractivity contribution in [2.45, 2.75) is 12.2 Å². The highest BCUT2D eigenvalue weighted by molar-refractivity contribution is 7.43. The lowest BCUT2D eigenvalue weighted by molar-refractivity contribution is -0.343. The van der Waals surface area contributed by atoms with E-state index in [1.165, 1.54) is 0 Å². The van der Waals surface area contributed by atoms with E-state index in [-0.39, 0.29) is 0 Å². The number of phosphoric acid groups is 1. The molecule has 0 radical (unpaired) electrons. The minimum atomic E-state index is -5.56. The fraction of sp³-hybridized carbons (Fsp3) is 0.500. The molecule has 0 unspecified atom stereocenters. The van der Waals surface area contributed by atoms with Crippen LogP contribution in [0.4, 0.5) is 0 Å². The SMILES string of the molecule is O=C1O[C@H]([C@@H](O)CO)C([O-])=C1OP(=O)([O-])[O-]. The Morgan fingerprint density at radius 2 is 2.12 bits per heavy atom. The number of ether oxygens (including phenoxy) is 1. The number of aliphatic hydroxyl groups excluding tert-OH is 2. The number of carbonyl (C=O) groups is 1. The summed E-state index contributed by atoms with van der Waals surface area (Å²) in [6, 6.07) is 0. The standard InChI is InChI=1S/C6H9O9P/c7-1-2(8)4-3(9)5(6(10)14-4)15-16(11,12)13/h2,4,7-9H,1H2,(H2,11,12,13)/p-3/t2-,4+/m0/s1. The van der Waals surface area contributed by atoms with Gasteiger partial charge in [0.15, 0.2) is 0 Å². The van der Waals surface area contributed by atoms with Crippen LogP contribution in [0.5, 0.6) is 0 Å². The Balaban J connectivity index is 2.94. The maximum absolute atomic E-state index is 11.2. The van der Waals surface area contributed by atoms with E-state index in [0.717, 1.165) is 0 Å². The van der Waals surface area contributed by atoms with Crippen LogP contribution in [0.1, 0.15) is 0 Å². The molecule has 0 spiro atoms. The number of aliphatic hydroxyl groups is 2. The third-order valence-corrected chi connectivity index (χ3v) is 2.05. The summed E-state index contributed by atoms with van der Waals surface area (Å²) in [6.07, 6.45) is -3.48. The van der Waals surface area contributed by atoms with Crippen molar-refractivity contribution in [3.8, 4) is 0 Å². The van der Waals surface area contributed by atoms with Crippen LogP contribution in [0, 0.1) is 0 Å². The van der Waals surface area contributed by atoms with Crippen molar-refractivity contribution in [1.82, 2.24) is 0 Å². The van der Waals surface area contributed by atoms with Gasteiger partial charge in [0, 0.05) is 0 Å². The minimum Gasteiger partial charge on any atom is -0.870 e. The maximum atomic E-state index is 11.2. The van der Waals surface area contributed by atoms with Crippen molar-refractivity contribution in [2.75, 3.05) is 6.61 Å². The van der Waals surface area contributed by atoms with Crippen LogP contribution in [0.25, 0.3) is 0 Å². The van der Waals surface area contributed by atoms with E-state index in [0.29, 0.717) is 0 Å². The van der Waals surface area contributed by atoms with E-state index in [1.807, 2.05) is 0 Å². The zero-order valence-corrected chi connectivity index (χ0v) is 8.46. The van der Waals surface area contributed by atoms with E-state index < -0.39 is 44.1 Å². The van der Waals surface area contributed by atoms with Gasteiger partial charge in [-0.25, -0.2) is 4.79 Å². The van der Waals surface area contributed by atoms with Crippen LogP contribution in [0.2, 0.25) is 0 Å². The van der Waals surface area contributed by atoms with Crippen LogP contribution in [0.3, 0.4) is 0 Å². The Morgan fingerprint density at radius 3 is 2.56 bits per heavy atom. The molecular formula is C6H6O9P-3. The van der Waals surface area contributed by atoms with Gasteiger partial charge in [-0.15, -0.1) is 0 Å². The molecule has 92 valence electrons. The monoisotopic (exact) mass is 253 g/mol. The molecule has 1 heterocycles. The molecule has 2 N–H and O–H groups in total. The zero-order valence-electron chi connectivity index (χ0n) is 7.56. The third kappa shape index (κ3) is 2.71. The Bertz CT molecular complexity index is 368. The predicted octanol–water partition coefficient (Wildman–Crippen LogP) is -4.32. The van der Waals surface area contributed by atoms with Crippen LogP contribution >= 0.6 is 7.82 Å². The van der Waals surface area contributed by atoms with Crippen molar-refractivity contribution in [3.05, 3.63) is 11.5 Å². The molecule has 0 saturated heterocycles. The molecule has 0 fully saturated rings. The smallest absolute Gasteiger partial charge is 0.373 e. The summed E-state index contributed by atoms with van der Waals surface area (Å²) in [5.41, 5.74) is 0. The molecule has 0 aromatic heterocycles. The Labute approximate surface area is 88.8 Å². The summed E-state index contributed by atoms with van der Waals surface area (Å²) in [4.78, 5) is 31.3. The first-order chi connectivity index (χ1) is 7.26. The minimum absolute atomic E-state index is 0.886. The number of esters is 1. The van der Waals surface area contributed by atoms with Crippen LogP contribution in [-0.4, -0.2) is 35.0 Å². The third-order valence-electron chi connectivity index (χ3n) is 1.64. The van der Waals surface area contributed by atoms with Gasteiger partial charge in [-0.2, -0.15) is 0 Å². The van der Waals surface area contributed by atoms with Gasteiger partial charge in [-0.05, 0) is 5.76 Å². The average molecular weight is 253 g/mol. The van der Waals surface area contributed by atoms with Gasteiger partial charge in [0.1, 0.15) is 20.0 Å². The lowest BCUT2D eigenvalue weighted by Gasteiger charge is -2.29. The van der Waals surface area contributed by atoms with Crippen molar-refractivity contribution in [1.29, 1.82) is 0 Å². The molecule has 1 aliphatic rings. The van der Waals surface area contributed by atoms with Gasteiger partial charge in [-0.1, -0.05) is 0 Å². The normalized spacial score (nSPS) is 23.2. The van der Waals surface area contributed by atoms with Gasteiger partial charge in [-0.3, -0.25) is 0 Å². The van der Waals surface area contributed by atoms with Crippen LogP contribution < -0.4 is 14.9 Å². The molecule has 16 heavy (non-hydrogen) atoms. The first-order valence-corrected chi connectivity index (χ1v) is 5.35. The Hall–Kier alpha value is -1.12. The van der Waals surface area contributed by atoms with E-state index in [2.05, 4.69) is 9.26 Å². The molecule has 1 aliphatic heterocycles. The molecule has 0 saturated carbocycles. The number of cyclic esters (lactones) is 1. The fourth-order valence-electron chi connectivity index (χ4n) is 0.995. The van der Waals surface area contributed by atoms with E-state index in [9.17, 15) is 24.3 Å². The first kappa shape index (κ1) is 12.9. The summed E-state index contributed by atoms with van der Waals surface area (Å²) in [7, 11) is -5.56. The number of carbonyl (C=O) groups excluding carboxylic acids is 1. The van der Waals surface area contributed by atoms with Gasteiger partial charge in [0.25, 0.3) is 0 Å². The summed E-state index contributed by atoms with van der Waals surface area (Å²) >= 11 is 0. The van der Waals surface area contributed by atoms with Crippen molar-refractivity contribution >= 4 is 13.8 Å². The van der Waals surface area contributed by atoms with Gasteiger partial charge < -0.3 is 38.9 Å². The second-order valence-electron chi connectivity index (χ2n) is 2.81. The number of phosphoric ester groups is 1. The highest BCUT2D eigenvalue weighted by atomic mass is 31.2. The highest BCUT2D eigenvalue weighted by Crippen LogP contribution is 2.34.